The van der Waals surface area contributed by atoms with E-state index in [1.54, 1.807) is 42.5 Å². The van der Waals surface area contributed by atoms with Gasteiger partial charge in [0.25, 0.3) is 17.4 Å². The summed E-state index contributed by atoms with van der Waals surface area (Å²) in [4.78, 5) is 56.0. The zero-order valence-electron chi connectivity index (χ0n) is 18.6. The van der Waals surface area contributed by atoms with Gasteiger partial charge in [-0.15, -0.1) is 0 Å². The first kappa shape index (κ1) is 22.5. The summed E-state index contributed by atoms with van der Waals surface area (Å²) in [5.41, 5.74) is 2.62. The minimum Gasteiger partial charge on any atom is -0.326 e. The molecule has 0 radical (unpaired) electrons. The van der Waals surface area contributed by atoms with Crippen LogP contribution < -0.4 is 15.8 Å². The zero-order chi connectivity index (χ0) is 24.7. The zero-order valence-corrected chi connectivity index (χ0v) is 19.4. The van der Waals surface area contributed by atoms with E-state index in [-0.39, 0.29) is 35.1 Å². The molecule has 0 saturated carbocycles. The van der Waals surface area contributed by atoms with Crippen molar-refractivity contribution in [1.82, 2.24) is 9.55 Å². The molecule has 0 fully saturated rings. The van der Waals surface area contributed by atoms with Gasteiger partial charge in [-0.05, 0) is 48.9 Å². The number of imide groups is 1. The van der Waals surface area contributed by atoms with Gasteiger partial charge in [0.05, 0.1) is 39.1 Å². The number of halogens is 1. The molecule has 0 aliphatic carbocycles. The summed E-state index contributed by atoms with van der Waals surface area (Å²) in [5, 5.41) is 3.37. The molecule has 9 heteroatoms. The van der Waals surface area contributed by atoms with Crippen LogP contribution in [0, 0.1) is 6.92 Å². The van der Waals surface area contributed by atoms with E-state index in [2.05, 4.69) is 10.3 Å². The molecule has 1 N–H and O–H groups in total. The highest BCUT2D eigenvalue weighted by molar-refractivity contribution is 6.40. The van der Waals surface area contributed by atoms with Gasteiger partial charge in [0, 0.05) is 18.7 Å². The molecule has 0 saturated heterocycles. The third-order valence-corrected chi connectivity index (χ3v) is 6.20. The number of fused-ring (bicyclic) bond motifs is 2. The van der Waals surface area contributed by atoms with Crippen LogP contribution in [0.3, 0.4) is 0 Å². The van der Waals surface area contributed by atoms with E-state index in [0.29, 0.717) is 27.7 Å². The predicted molar refractivity (Wildman–Crippen MR) is 133 cm³/mol. The van der Waals surface area contributed by atoms with E-state index in [0.717, 1.165) is 10.5 Å². The van der Waals surface area contributed by atoms with Gasteiger partial charge in [0.2, 0.25) is 5.91 Å². The van der Waals surface area contributed by atoms with Gasteiger partial charge in [-0.2, -0.15) is 0 Å². The number of anilines is 2. The molecule has 174 valence electrons. The lowest BCUT2D eigenvalue weighted by Gasteiger charge is -2.16. The van der Waals surface area contributed by atoms with E-state index in [9.17, 15) is 19.2 Å². The molecular weight excluding hydrogens is 468 g/mol. The molecule has 0 bridgehead atoms. The number of carbonyl (C=O) groups excluding carboxylic acids is 3. The second kappa shape index (κ2) is 8.81. The SMILES string of the molecule is Cc1cccc2c(=O)n(CCC(=O)Nc3ccc(N4C(=O)c5ccccc5C4=O)c(Cl)c3)cnc12. The van der Waals surface area contributed by atoms with E-state index in [1.807, 2.05) is 13.0 Å². The van der Waals surface area contributed by atoms with Crippen LogP contribution >= 0.6 is 11.6 Å². The van der Waals surface area contributed by atoms with Crippen molar-refractivity contribution in [3.05, 3.63) is 99.1 Å². The summed E-state index contributed by atoms with van der Waals surface area (Å²) in [6.45, 7) is 2.04. The molecule has 5 rings (SSSR count). The van der Waals surface area contributed by atoms with Crippen molar-refractivity contribution < 1.29 is 14.4 Å². The Hall–Kier alpha value is -4.30. The number of rotatable bonds is 5. The Morgan fingerprint density at radius 2 is 1.69 bits per heavy atom. The van der Waals surface area contributed by atoms with Gasteiger partial charge in [0.1, 0.15) is 0 Å². The highest BCUT2D eigenvalue weighted by atomic mass is 35.5. The first-order valence-electron chi connectivity index (χ1n) is 10.9. The summed E-state index contributed by atoms with van der Waals surface area (Å²) in [6, 6.07) is 16.5. The summed E-state index contributed by atoms with van der Waals surface area (Å²) >= 11 is 6.38. The number of nitrogens with one attached hydrogen (secondary N) is 1. The van der Waals surface area contributed by atoms with Gasteiger partial charge in [-0.3, -0.25) is 23.7 Å². The molecule has 0 atom stereocenters. The quantitative estimate of drug-likeness (QED) is 0.426. The average Bonchev–Trinajstić information content (AvgIpc) is 3.09. The minimum absolute atomic E-state index is 0.0384. The normalized spacial score (nSPS) is 12.8. The summed E-state index contributed by atoms with van der Waals surface area (Å²) in [5.74, 6) is -1.23. The van der Waals surface area contributed by atoms with Gasteiger partial charge in [0.15, 0.2) is 0 Å². The molecule has 2 heterocycles. The highest BCUT2D eigenvalue weighted by Gasteiger charge is 2.37. The standard InChI is InChI=1S/C26H19ClN4O4/c1-15-5-4-8-19-23(15)28-14-30(24(19)33)12-11-22(32)29-16-9-10-21(20(27)13-16)31-25(34)17-6-2-3-7-18(17)26(31)35/h2-10,13-14H,11-12H2,1H3,(H,29,32). The Kier molecular flexibility index (Phi) is 5.66. The van der Waals surface area contributed by atoms with Crippen LogP contribution in [0.25, 0.3) is 10.9 Å². The van der Waals surface area contributed by atoms with Crippen molar-refractivity contribution in [3.63, 3.8) is 0 Å². The number of nitrogens with zero attached hydrogens (tertiary/aromatic N) is 3. The number of hydrogen-bond donors (Lipinski definition) is 1. The van der Waals surface area contributed by atoms with Crippen LogP contribution in [0.2, 0.25) is 5.02 Å². The largest absolute Gasteiger partial charge is 0.326 e. The van der Waals surface area contributed by atoms with Crippen molar-refractivity contribution in [2.45, 2.75) is 19.9 Å². The van der Waals surface area contributed by atoms with Gasteiger partial charge in [-0.1, -0.05) is 35.9 Å². The fraction of sp³-hybridized carbons (Fsp3) is 0.115. The highest BCUT2D eigenvalue weighted by Crippen LogP contribution is 2.34. The lowest BCUT2D eigenvalue weighted by molar-refractivity contribution is -0.116. The monoisotopic (exact) mass is 486 g/mol. The topological polar surface area (TPSA) is 101 Å². The summed E-state index contributed by atoms with van der Waals surface area (Å²) in [6.07, 6.45) is 1.48. The molecule has 4 aromatic rings. The second-order valence-corrected chi connectivity index (χ2v) is 8.58. The van der Waals surface area contributed by atoms with Gasteiger partial charge < -0.3 is 5.32 Å². The van der Waals surface area contributed by atoms with Crippen LogP contribution in [0.5, 0.6) is 0 Å². The van der Waals surface area contributed by atoms with Crippen molar-refractivity contribution in [3.8, 4) is 0 Å². The maximum absolute atomic E-state index is 12.7. The van der Waals surface area contributed by atoms with E-state index in [1.165, 1.54) is 23.0 Å². The smallest absolute Gasteiger partial charge is 0.266 e. The molecular formula is C26H19ClN4O4. The number of aromatic nitrogens is 2. The lowest BCUT2D eigenvalue weighted by atomic mass is 10.1. The molecule has 0 spiro atoms. The first-order valence-corrected chi connectivity index (χ1v) is 11.2. The van der Waals surface area contributed by atoms with Crippen molar-refractivity contribution in [2.24, 2.45) is 0 Å². The molecule has 1 aliphatic rings. The molecule has 8 nitrogen and oxygen atoms in total. The number of hydrogen-bond acceptors (Lipinski definition) is 5. The number of para-hydroxylation sites is 1. The van der Waals surface area contributed by atoms with E-state index in [4.69, 9.17) is 11.6 Å². The van der Waals surface area contributed by atoms with Crippen LogP contribution in [0.15, 0.2) is 71.8 Å². The maximum Gasteiger partial charge on any atom is 0.266 e. The summed E-state index contributed by atoms with van der Waals surface area (Å²) < 4.78 is 1.40. The predicted octanol–water partition coefficient (Wildman–Crippen LogP) is 4.19. The second-order valence-electron chi connectivity index (χ2n) is 8.17. The molecule has 3 amide bonds. The molecule has 1 aliphatic heterocycles. The number of aryl methyl sites for hydroxylation is 2. The number of benzene rings is 3. The lowest BCUT2D eigenvalue weighted by Crippen LogP contribution is -2.29. The Morgan fingerprint density at radius 3 is 2.37 bits per heavy atom. The third kappa shape index (κ3) is 3.98. The Balaban J connectivity index is 1.28. The molecule has 35 heavy (non-hydrogen) atoms. The Labute approximate surface area is 204 Å². The minimum atomic E-state index is -0.450. The Bertz CT molecular complexity index is 1560. The van der Waals surface area contributed by atoms with Crippen LogP contribution in [0.4, 0.5) is 11.4 Å². The third-order valence-electron chi connectivity index (χ3n) is 5.90. The van der Waals surface area contributed by atoms with E-state index >= 15 is 0 Å². The van der Waals surface area contributed by atoms with Gasteiger partial charge >= 0.3 is 0 Å². The van der Waals surface area contributed by atoms with Crippen molar-refractivity contribution in [1.29, 1.82) is 0 Å². The first-order chi connectivity index (χ1) is 16.8. The van der Waals surface area contributed by atoms with Crippen molar-refractivity contribution in [2.75, 3.05) is 10.2 Å². The molecule has 1 aromatic heterocycles. The van der Waals surface area contributed by atoms with E-state index < -0.39 is 11.8 Å². The fourth-order valence-electron chi connectivity index (χ4n) is 4.12. The summed E-state index contributed by atoms with van der Waals surface area (Å²) in [7, 11) is 0. The van der Waals surface area contributed by atoms with Crippen LogP contribution in [-0.4, -0.2) is 27.3 Å². The van der Waals surface area contributed by atoms with Crippen LogP contribution in [-0.2, 0) is 11.3 Å². The van der Waals surface area contributed by atoms with Gasteiger partial charge in [-0.25, -0.2) is 9.88 Å². The van der Waals surface area contributed by atoms with Crippen LogP contribution in [0.1, 0.15) is 32.7 Å². The number of carbonyl (C=O) groups is 3. The average molecular weight is 487 g/mol. The molecule has 3 aromatic carbocycles. The number of amides is 3. The fourth-order valence-corrected chi connectivity index (χ4v) is 4.38. The molecule has 0 unspecified atom stereocenters. The maximum atomic E-state index is 12.7. The Morgan fingerprint density at radius 1 is 0.971 bits per heavy atom. The van der Waals surface area contributed by atoms with Crippen molar-refractivity contribution >= 4 is 51.6 Å².